The summed E-state index contributed by atoms with van der Waals surface area (Å²) in [5, 5.41) is 13.8. The topological polar surface area (TPSA) is 145 Å². The average molecular weight is 477 g/mol. The normalized spacial score (nSPS) is 14.4. The molecule has 12 heteroatoms. The molecule has 0 aliphatic carbocycles. The minimum atomic E-state index is -3.77. The minimum Gasteiger partial charge on any atom is -0.495 e. The molecule has 0 spiro atoms. The van der Waals surface area contributed by atoms with Crippen LogP contribution < -0.4 is 10.1 Å². The summed E-state index contributed by atoms with van der Waals surface area (Å²) in [6.45, 7) is 0.833. The minimum absolute atomic E-state index is 0.0187. The third-order valence-corrected chi connectivity index (χ3v) is 7.08. The van der Waals surface area contributed by atoms with Crippen molar-refractivity contribution in [2.45, 2.75) is 24.2 Å². The molecule has 3 rings (SSSR count). The predicted octanol–water partition coefficient (Wildman–Crippen LogP) is 2.82. The number of nitrogens with one attached hydrogen (secondary N) is 1. The second-order valence-electron chi connectivity index (χ2n) is 7.30. The molecule has 1 N–H and O–H groups in total. The highest BCUT2D eigenvalue weighted by molar-refractivity contribution is 7.89. The second kappa shape index (κ2) is 9.96. The van der Waals surface area contributed by atoms with E-state index in [1.165, 1.54) is 29.6 Å². The number of ether oxygens (including phenoxy) is 2. The predicted molar refractivity (Wildman–Crippen MR) is 118 cm³/mol. The number of esters is 1. The molecule has 0 aromatic heterocycles. The molecule has 0 radical (unpaired) electrons. The number of nitro groups is 1. The highest BCUT2D eigenvalue weighted by Gasteiger charge is 2.27. The Kier molecular flexibility index (Phi) is 7.29. The van der Waals surface area contributed by atoms with Gasteiger partial charge >= 0.3 is 5.97 Å². The Morgan fingerprint density at radius 3 is 2.30 bits per heavy atom. The van der Waals surface area contributed by atoms with Gasteiger partial charge in [-0.3, -0.25) is 14.9 Å². The maximum absolute atomic E-state index is 13.0. The van der Waals surface area contributed by atoms with E-state index in [1.54, 1.807) is 0 Å². The van der Waals surface area contributed by atoms with Crippen LogP contribution in [0, 0.1) is 10.1 Å². The molecule has 2 aromatic carbocycles. The lowest BCUT2D eigenvalue weighted by Gasteiger charge is -2.26. The number of anilines is 1. The van der Waals surface area contributed by atoms with Crippen LogP contribution in [0.5, 0.6) is 5.75 Å². The summed E-state index contributed by atoms with van der Waals surface area (Å²) in [5.74, 6) is -1.45. The number of benzene rings is 2. The van der Waals surface area contributed by atoms with Crippen molar-refractivity contribution in [1.29, 1.82) is 0 Å². The first-order chi connectivity index (χ1) is 15.7. The molecule has 0 atom stereocenters. The van der Waals surface area contributed by atoms with Crippen LogP contribution in [0.2, 0.25) is 0 Å². The van der Waals surface area contributed by atoms with E-state index in [-0.39, 0.29) is 27.5 Å². The fraction of sp³-hybridized carbons (Fsp3) is 0.333. The van der Waals surface area contributed by atoms with Crippen molar-refractivity contribution in [3.05, 3.63) is 57.6 Å². The Balaban J connectivity index is 1.96. The molecule has 176 valence electrons. The van der Waals surface area contributed by atoms with Gasteiger partial charge in [-0.05, 0) is 37.1 Å². The van der Waals surface area contributed by atoms with Crippen molar-refractivity contribution < 1.29 is 32.4 Å². The summed E-state index contributed by atoms with van der Waals surface area (Å²) in [5.41, 5.74) is -0.774. The zero-order valence-corrected chi connectivity index (χ0v) is 18.9. The molecule has 1 amide bonds. The first kappa shape index (κ1) is 24.1. The highest BCUT2D eigenvalue weighted by Crippen LogP contribution is 2.30. The molecule has 1 aliphatic heterocycles. The number of hydrogen-bond acceptors (Lipinski definition) is 8. The number of amides is 1. The summed E-state index contributed by atoms with van der Waals surface area (Å²) in [4.78, 5) is 35.2. The number of piperidine rings is 1. The van der Waals surface area contributed by atoms with Gasteiger partial charge in [0.2, 0.25) is 10.0 Å². The molecule has 0 saturated carbocycles. The van der Waals surface area contributed by atoms with Crippen molar-refractivity contribution in [2.24, 2.45) is 0 Å². The van der Waals surface area contributed by atoms with Gasteiger partial charge in [0.1, 0.15) is 5.75 Å². The maximum Gasteiger partial charge on any atom is 0.338 e. The summed E-state index contributed by atoms with van der Waals surface area (Å²) < 4.78 is 37.2. The maximum atomic E-state index is 13.0. The molecule has 0 bridgehead atoms. The van der Waals surface area contributed by atoms with Gasteiger partial charge in [-0.25, -0.2) is 13.2 Å². The Bertz CT molecular complexity index is 1190. The number of nitro benzene ring substituents is 1. The van der Waals surface area contributed by atoms with Gasteiger partial charge in [-0.2, -0.15) is 4.31 Å². The van der Waals surface area contributed by atoms with Gasteiger partial charge < -0.3 is 14.8 Å². The largest absolute Gasteiger partial charge is 0.495 e. The Morgan fingerprint density at radius 1 is 1.03 bits per heavy atom. The lowest BCUT2D eigenvalue weighted by atomic mass is 10.1. The fourth-order valence-electron chi connectivity index (χ4n) is 3.48. The van der Waals surface area contributed by atoms with Gasteiger partial charge in [-0.15, -0.1) is 0 Å². The smallest absolute Gasteiger partial charge is 0.338 e. The van der Waals surface area contributed by atoms with E-state index in [0.717, 1.165) is 44.6 Å². The number of rotatable bonds is 7. The van der Waals surface area contributed by atoms with E-state index in [4.69, 9.17) is 4.74 Å². The molecule has 1 aliphatic rings. The first-order valence-corrected chi connectivity index (χ1v) is 11.5. The molecule has 1 saturated heterocycles. The molecular formula is C21H23N3O8S. The Labute approximate surface area is 190 Å². The number of non-ortho nitro benzene ring substituents is 1. The van der Waals surface area contributed by atoms with Crippen LogP contribution in [0.25, 0.3) is 0 Å². The molecule has 1 fully saturated rings. The summed E-state index contributed by atoms with van der Waals surface area (Å²) in [6.07, 6.45) is 2.51. The van der Waals surface area contributed by atoms with Crippen molar-refractivity contribution in [2.75, 3.05) is 32.6 Å². The van der Waals surface area contributed by atoms with E-state index in [0.29, 0.717) is 13.1 Å². The van der Waals surface area contributed by atoms with Crippen molar-refractivity contribution in [3.8, 4) is 5.75 Å². The number of hydrogen-bond donors (Lipinski definition) is 1. The van der Waals surface area contributed by atoms with E-state index in [1.807, 2.05) is 0 Å². The van der Waals surface area contributed by atoms with Gasteiger partial charge in [-0.1, -0.05) is 6.42 Å². The Morgan fingerprint density at radius 2 is 1.70 bits per heavy atom. The monoisotopic (exact) mass is 477 g/mol. The number of carbonyl (C=O) groups excluding carboxylic acids is 2. The van der Waals surface area contributed by atoms with Crippen LogP contribution in [-0.2, 0) is 14.8 Å². The van der Waals surface area contributed by atoms with Crippen LogP contribution in [0.3, 0.4) is 0 Å². The zero-order chi connectivity index (χ0) is 24.2. The van der Waals surface area contributed by atoms with E-state index >= 15 is 0 Å². The Hall–Kier alpha value is -3.51. The van der Waals surface area contributed by atoms with Crippen LogP contribution in [0.15, 0.2) is 41.3 Å². The van der Waals surface area contributed by atoms with Crippen LogP contribution in [0.1, 0.15) is 40.0 Å². The standard InChI is InChI=1S/C21H23N3O8S/c1-31-19-7-6-17(33(29,30)23-8-4-3-5-9-23)13-18(19)22-20(25)14-10-15(21(26)32-2)12-16(11-14)24(27)28/h6-7,10-13H,3-5,8-9H2,1-2H3,(H,22,25). The van der Waals surface area contributed by atoms with Crippen LogP contribution in [-0.4, -0.2) is 56.8 Å². The number of nitrogens with zero attached hydrogens (tertiary/aromatic N) is 2. The van der Waals surface area contributed by atoms with Crippen molar-refractivity contribution in [1.82, 2.24) is 4.31 Å². The summed E-state index contributed by atoms with van der Waals surface area (Å²) in [7, 11) is -1.31. The van der Waals surface area contributed by atoms with Crippen molar-refractivity contribution >= 4 is 33.3 Å². The lowest BCUT2D eigenvalue weighted by molar-refractivity contribution is -0.384. The average Bonchev–Trinajstić information content (AvgIpc) is 2.83. The van der Waals surface area contributed by atoms with Gasteiger partial charge in [0.25, 0.3) is 11.6 Å². The molecule has 33 heavy (non-hydrogen) atoms. The van der Waals surface area contributed by atoms with Crippen LogP contribution in [0.4, 0.5) is 11.4 Å². The third kappa shape index (κ3) is 5.29. The number of carbonyl (C=O) groups is 2. The molecule has 2 aromatic rings. The van der Waals surface area contributed by atoms with Crippen molar-refractivity contribution in [3.63, 3.8) is 0 Å². The van der Waals surface area contributed by atoms with E-state index in [2.05, 4.69) is 10.1 Å². The zero-order valence-electron chi connectivity index (χ0n) is 18.1. The molecule has 0 unspecified atom stereocenters. The van der Waals surface area contributed by atoms with E-state index in [9.17, 15) is 28.1 Å². The SMILES string of the molecule is COC(=O)c1cc(C(=O)Nc2cc(S(=O)(=O)N3CCCCC3)ccc2OC)cc([N+](=O)[O-])c1. The first-order valence-electron chi connectivity index (χ1n) is 10.0. The fourth-order valence-corrected chi connectivity index (χ4v) is 5.02. The summed E-state index contributed by atoms with van der Waals surface area (Å²) in [6, 6.07) is 7.23. The third-order valence-electron chi connectivity index (χ3n) is 5.18. The second-order valence-corrected chi connectivity index (χ2v) is 9.24. The molecule has 1 heterocycles. The molecular weight excluding hydrogens is 454 g/mol. The highest BCUT2D eigenvalue weighted by atomic mass is 32.2. The lowest BCUT2D eigenvalue weighted by Crippen LogP contribution is -2.35. The number of methoxy groups -OCH3 is 2. The molecule has 11 nitrogen and oxygen atoms in total. The van der Waals surface area contributed by atoms with Crippen LogP contribution >= 0.6 is 0 Å². The van der Waals surface area contributed by atoms with Gasteiger partial charge in [0, 0.05) is 30.8 Å². The summed E-state index contributed by atoms with van der Waals surface area (Å²) >= 11 is 0. The van der Waals surface area contributed by atoms with E-state index < -0.39 is 32.5 Å². The van der Waals surface area contributed by atoms with Gasteiger partial charge in [0.05, 0.1) is 35.3 Å². The van der Waals surface area contributed by atoms with Gasteiger partial charge in [0.15, 0.2) is 0 Å². The quantitative estimate of drug-likeness (QED) is 0.364. The number of sulfonamides is 1.